The summed E-state index contributed by atoms with van der Waals surface area (Å²) in [7, 11) is 0. The van der Waals surface area contributed by atoms with Gasteiger partial charge in [-0.25, -0.2) is 4.79 Å². The summed E-state index contributed by atoms with van der Waals surface area (Å²) in [4.78, 5) is 25.9. The summed E-state index contributed by atoms with van der Waals surface area (Å²) in [5, 5.41) is 19.5. The number of nitrogens with zero attached hydrogens (tertiary/aromatic N) is 1. The zero-order valence-electron chi connectivity index (χ0n) is 20.1. The van der Waals surface area contributed by atoms with Gasteiger partial charge in [0.15, 0.2) is 0 Å². The molecule has 0 radical (unpaired) electrons. The summed E-state index contributed by atoms with van der Waals surface area (Å²) in [5.41, 5.74) is 5.11. The smallest absolute Gasteiger partial charge is 0.319 e. The van der Waals surface area contributed by atoms with E-state index in [2.05, 4.69) is 26.1 Å². The largest absolute Gasteiger partial charge is 0.335 e. The van der Waals surface area contributed by atoms with Crippen LogP contribution in [0.1, 0.15) is 47.4 Å². The fourth-order valence-electron chi connectivity index (χ4n) is 4.54. The van der Waals surface area contributed by atoms with E-state index in [0.717, 1.165) is 56.8 Å². The number of amides is 3. The summed E-state index contributed by atoms with van der Waals surface area (Å²) in [5.74, 6) is -0.0400. The molecule has 184 valence electrons. The van der Waals surface area contributed by atoms with Crippen LogP contribution in [-0.2, 0) is 11.2 Å². The van der Waals surface area contributed by atoms with Gasteiger partial charge in [0.05, 0.1) is 17.6 Å². The topological polar surface area (TPSA) is 98.9 Å². The van der Waals surface area contributed by atoms with E-state index in [9.17, 15) is 9.59 Å². The third kappa shape index (κ3) is 5.83. The predicted molar refractivity (Wildman–Crippen MR) is 147 cm³/mol. The number of aryl methyl sites for hydroxylation is 1. The molecule has 7 nitrogen and oxygen atoms in total. The first-order chi connectivity index (χ1) is 17.5. The van der Waals surface area contributed by atoms with Gasteiger partial charge in [0.25, 0.3) is 0 Å². The van der Waals surface area contributed by atoms with Crippen molar-refractivity contribution < 1.29 is 9.59 Å². The van der Waals surface area contributed by atoms with Crippen LogP contribution in [0.15, 0.2) is 53.9 Å². The van der Waals surface area contributed by atoms with E-state index < -0.39 is 0 Å². The van der Waals surface area contributed by atoms with Gasteiger partial charge in [0, 0.05) is 27.7 Å². The Morgan fingerprint density at radius 1 is 1.08 bits per heavy atom. The first-order valence-corrected chi connectivity index (χ1v) is 13.1. The molecule has 8 heteroatoms. The van der Waals surface area contributed by atoms with Crippen molar-refractivity contribution in [3.63, 3.8) is 0 Å². The molecule has 5 rings (SSSR count). The second-order valence-corrected chi connectivity index (χ2v) is 10.2. The molecule has 4 N–H and O–H groups in total. The van der Waals surface area contributed by atoms with Crippen molar-refractivity contribution in [1.29, 1.82) is 0 Å². The number of fused-ring (bicyclic) bond motifs is 1. The Balaban J connectivity index is 1.28. The molecule has 4 aromatic rings. The number of hydrogen-bond acceptors (Lipinski definition) is 4. The third-order valence-electron chi connectivity index (χ3n) is 6.39. The normalized spacial score (nSPS) is 13.9. The minimum Gasteiger partial charge on any atom is -0.335 e. The molecule has 0 unspecified atom stereocenters. The van der Waals surface area contributed by atoms with E-state index in [1.807, 2.05) is 73.0 Å². The average molecular weight is 500 g/mol. The predicted octanol–water partition coefficient (Wildman–Crippen LogP) is 6.35. The Hall–Kier alpha value is -3.91. The lowest BCUT2D eigenvalue weighted by molar-refractivity contribution is -0.115. The molecule has 0 bridgehead atoms. The van der Waals surface area contributed by atoms with Crippen LogP contribution in [0.4, 0.5) is 16.2 Å². The van der Waals surface area contributed by atoms with Gasteiger partial charge in [-0.15, -0.1) is 11.3 Å². The molecule has 0 atom stereocenters. The van der Waals surface area contributed by atoms with Crippen LogP contribution in [0.5, 0.6) is 0 Å². The van der Waals surface area contributed by atoms with Crippen LogP contribution in [0, 0.1) is 6.92 Å². The number of thiophene rings is 1. The Morgan fingerprint density at radius 2 is 1.94 bits per heavy atom. The summed E-state index contributed by atoms with van der Waals surface area (Å²) in [6.45, 7) is 1.97. The number of aromatic amines is 1. The van der Waals surface area contributed by atoms with Crippen LogP contribution >= 0.6 is 11.3 Å². The second kappa shape index (κ2) is 10.8. The Kier molecular flexibility index (Phi) is 7.13. The maximum atomic E-state index is 12.5. The molecule has 1 saturated carbocycles. The fraction of sp³-hybridized carbons (Fsp3) is 0.250. The van der Waals surface area contributed by atoms with Crippen molar-refractivity contribution in [3.05, 3.63) is 75.6 Å². The monoisotopic (exact) mass is 499 g/mol. The van der Waals surface area contributed by atoms with E-state index in [4.69, 9.17) is 0 Å². The minimum atomic E-state index is -0.162. The molecule has 1 fully saturated rings. The molecular formula is C28H29N5O2S. The van der Waals surface area contributed by atoms with Gasteiger partial charge in [-0.2, -0.15) is 5.10 Å². The Labute approximate surface area is 214 Å². The lowest BCUT2D eigenvalue weighted by atomic mass is 10.1. The number of anilines is 2. The van der Waals surface area contributed by atoms with Crippen LogP contribution in [0.2, 0.25) is 0 Å². The quantitative estimate of drug-likeness (QED) is 0.238. The average Bonchev–Trinajstić information content (AvgIpc) is 3.62. The van der Waals surface area contributed by atoms with Crippen molar-refractivity contribution >= 4 is 57.7 Å². The molecule has 2 heterocycles. The molecule has 36 heavy (non-hydrogen) atoms. The highest BCUT2D eigenvalue weighted by Crippen LogP contribution is 2.26. The molecule has 1 aliphatic carbocycles. The van der Waals surface area contributed by atoms with Crippen molar-refractivity contribution in [2.75, 3.05) is 10.6 Å². The van der Waals surface area contributed by atoms with Crippen LogP contribution in [-0.4, -0.2) is 28.2 Å². The molecule has 3 amide bonds. The van der Waals surface area contributed by atoms with E-state index in [1.165, 1.54) is 12.8 Å². The number of benzene rings is 2. The highest BCUT2D eigenvalue weighted by atomic mass is 32.1. The SMILES string of the molecule is Cc1cc2[nH]nc(/C=C/c3cccc(NC(=O)NC4CCCC4)c3)c2cc1NC(=O)Cc1cccs1. The van der Waals surface area contributed by atoms with Gasteiger partial charge in [0.2, 0.25) is 5.91 Å². The second-order valence-electron chi connectivity index (χ2n) is 9.16. The van der Waals surface area contributed by atoms with E-state index in [0.29, 0.717) is 6.42 Å². The summed E-state index contributed by atoms with van der Waals surface area (Å²) >= 11 is 1.58. The lowest BCUT2D eigenvalue weighted by Gasteiger charge is -2.13. The molecule has 1 aliphatic rings. The zero-order valence-corrected chi connectivity index (χ0v) is 21.0. The number of carbonyl (C=O) groups is 2. The fourth-order valence-corrected chi connectivity index (χ4v) is 5.24. The standard InChI is InChI=1S/C28H29N5O2S/c1-18-14-26-23(17-25(18)31-27(34)16-22-10-5-13-36-22)24(32-33-26)12-11-19-6-4-9-21(15-19)30-28(35)29-20-7-2-3-8-20/h4-6,9-15,17,20H,2-3,7-8,16H2,1H3,(H,31,34)(H,32,33)(H2,29,30,35)/b12-11+. The van der Waals surface area contributed by atoms with Gasteiger partial charge in [-0.3, -0.25) is 9.89 Å². The number of carbonyl (C=O) groups excluding carboxylic acids is 2. The summed E-state index contributed by atoms with van der Waals surface area (Å²) in [6, 6.07) is 15.7. The van der Waals surface area contributed by atoms with Crippen molar-refractivity contribution in [2.45, 2.75) is 45.1 Å². The number of rotatable bonds is 7. The maximum Gasteiger partial charge on any atom is 0.319 e. The third-order valence-corrected chi connectivity index (χ3v) is 7.27. The molecular weight excluding hydrogens is 470 g/mol. The number of urea groups is 1. The van der Waals surface area contributed by atoms with Crippen molar-refractivity contribution in [2.24, 2.45) is 0 Å². The van der Waals surface area contributed by atoms with Gasteiger partial charge in [0.1, 0.15) is 0 Å². The molecule has 2 aromatic carbocycles. The molecule has 0 aliphatic heterocycles. The van der Waals surface area contributed by atoms with Crippen LogP contribution in [0.25, 0.3) is 23.1 Å². The van der Waals surface area contributed by atoms with Crippen LogP contribution < -0.4 is 16.0 Å². The number of nitrogens with one attached hydrogen (secondary N) is 4. The number of hydrogen-bond donors (Lipinski definition) is 4. The van der Waals surface area contributed by atoms with Gasteiger partial charge >= 0.3 is 6.03 Å². The zero-order chi connectivity index (χ0) is 24.9. The van der Waals surface area contributed by atoms with E-state index in [1.54, 1.807) is 11.3 Å². The van der Waals surface area contributed by atoms with E-state index in [-0.39, 0.29) is 18.0 Å². The maximum absolute atomic E-state index is 12.5. The molecule has 0 spiro atoms. The highest BCUT2D eigenvalue weighted by molar-refractivity contribution is 7.10. The minimum absolute atomic E-state index is 0.0400. The van der Waals surface area contributed by atoms with E-state index >= 15 is 0 Å². The van der Waals surface area contributed by atoms with Crippen LogP contribution in [0.3, 0.4) is 0 Å². The lowest BCUT2D eigenvalue weighted by Crippen LogP contribution is -2.36. The summed E-state index contributed by atoms with van der Waals surface area (Å²) in [6.07, 6.45) is 8.70. The molecule has 2 aromatic heterocycles. The number of H-pyrrole nitrogens is 1. The van der Waals surface area contributed by atoms with Gasteiger partial charge in [-0.1, -0.05) is 37.1 Å². The first-order valence-electron chi connectivity index (χ1n) is 12.2. The van der Waals surface area contributed by atoms with Gasteiger partial charge in [-0.05, 0) is 72.7 Å². The molecule has 0 saturated heterocycles. The van der Waals surface area contributed by atoms with Crippen molar-refractivity contribution in [1.82, 2.24) is 15.5 Å². The van der Waals surface area contributed by atoms with Crippen molar-refractivity contribution in [3.8, 4) is 0 Å². The Morgan fingerprint density at radius 3 is 2.75 bits per heavy atom. The highest BCUT2D eigenvalue weighted by Gasteiger charge is 2.17. The number of aromatic nitrogens is 2. The summed E-state index contributed by atoms with van der Waals surface area (Å²) < 4.78 is 0. The first kappa shape index (κ1) is 23.8. The van der Waals surface area contributed by atoms with Gasteiger partial charge < -0.3 is 16.0 Å². The Bertz CT molecular complexity index is 1400.